The van der Waals surface area contributed by atoms with E-state index in [0.29, 0.717) is 24.5 Å². The van der Waals surface area contributed by atoms with Crippen molar-refractivity contribution in [3.8, 4) is 5.75 Å². The topological polar surface area (TPSA) is 71.1 Å². The van der Waals surface area contributed by atoms with Crippen LogP contribution in [0.1, 0.15) is 5.56 Å². The van der Waals surface area contributed by atoms with Gasteiger partial charge in [-0.25, -0.2) is 0 Å². The van der Waals surface area contributed by atoms with E-state index in [4.69, 9.17) is 44.9 Å². The molecule has 10 heteroatoms. The quantitative estimate of drug-likeness (QED) is 0.399. The van der Waals surface area contributed by atoms with Gasteiger partial charge in [0.05, 0.1) is 36.1 Å². The fraction of sp³-hybridized carbons (Fsp3) is 0.227. The number of morpholine rings is 1. The molecule has 0 unspecified atom stereocenters. The maximum atomic E-state index is 13.3. The number of carbonyl (C=O) groups excluding carboxylic acids is 2. The number of nitrogens with one attached hydrogen (secondary N) is 1. The molecule has 0 aromatic heterocycles. The lowest BCUT2D eigenvalue weighted by molar-refractivity contribution is -0.122. The first kappa shape index (κ1) is 22.5. The minimum atomic E-state index is -0.609. The van der Waals surface area contributed by atoms with E-state index in [9.17, 15) is 9.59 Å². The molecule has 2 fully saturated rings. The lowest BCUT2D eigenvalue weighted by Gasteiger charge is -2.30. The number of nitrogens with zero attached hydrogens (tertiary/aromatic N) is 2. The Morgan fingerprint density at radius 3 is 2.62 bits per heavy atom. The molecule has 2 aromatic carbocycles. The summed E-state index contributed by atoms with van der Waals surface area (Å²) in [5.41, 5.74) is 1.73. The van der Waals surface area contributed by atoms with Gasteiger partial charge in [0, 0.05) is 30.4 Å². The van der Waals surface area contributed by atoms with Gasteiger partial charge in [0.1, 0.15) is 11.3 Å². The number of benzene rings is 2. The van der Waals surface area contributed by atoms with E-state index in [1.165, 1.54) is 13.2 Å². The summed E-state index contributed by atoms with van der Waals surface area (Å²) in [5, 5.41) is 2.89. The van der Waals surface area contributed by atoms with Crippen LogP contribution in [0, 0.1) is 0 Å². The highest BCUT2D eigenvalue weighted by Crippen LogP contribution is 2.35. The van der Waals surface area contributed by atoms with Gasteiger partial charge in [-0.3, -0.25) is 19.8 Å². The van der Waals surface area contributed by atoms with Crippen molar-refractivity contribution in [3.63, 3.8) is 0 Å². The smallest absolute Gasteiger partial charge is 0.270 e. The molecule has 4 rings (SSSR count). The van der Waals surface area contributed by atoms with Gasteiger partial charge >= 0.3 is 0 Å². The summed E-state index contributed by atoms with van der Waals surface area (Å²) < 4.78 is 10.9. The van der Waals surface area contributed by atoms with Crippen molar-refractivity contribution in [1.82, 2.24) is 5.32 Å². The highest BCUT2D eigenvalue weighted by molar-refractivity contribution is 7.80. The van der Waals surface area contributed by atoms with Gasteiger partial charge < -0.3 is 14.4 Å². The summed E-state index contributed by atoms with van der Waals surface area (Å²) in [4.78, 5) is 29.2. The average Bonchev–Trinajstić information content (AvgIpc) is 2.80. The predicted octanol–water partition coefficient (Wildman–Crippen LogP) is 3.67. The number of amides is 2. The molecule has 0 saturated carbocycles. The first-order valence-electron chi connectivity index (χ1n) is 9.77. The number of thiocarbonyl (C=S) groups is 1. The van der Waals surface area contributed by atoms with Crippen molar-refractivity contribution in [1.29, 1.82) is 0 Å². The zero-order valence-electron chi connectivity index (χ0n) is 17.1. The Balaban J connectivity index is 1.70. The second kappa shape index (κ2) is 9.46. The molecule has 1 N–H and O–H groups in total. The van der Waals surface area contributed by atoms with E-state index in [-0.39, 0.29) is 26.4 Å². The summed E-state index contributed by atoms with van der Waals surface area (Å²) in [5.74, 6) is -0.682. The van der Waals surface area contributed by atoms with E-state index < -0.39 is 11.8 Å². The van der Waals surface area contributed by atoms with Crippen LogP contribution in [0.4, 0.5) is 11.4 Å². The van der Waals surface area contributed by atoms with E-state index >= 15 is 0 Å². The Kier molecular flexibility index (Phi) is 6.66. The maximum absolute atomic E-state index is 13.3. The number of halogens is 2. The summed E-state index contributed by atoms with van der Waals surface area (Å²) in [6.07, 6.45) is 1.48. The Hall–Kier alpha value is -2.65. The molecule has 32 heavy (non-hydrogen) atoms. The van der Waals surface area contributed by atoms with Crippen molar-refractivity contribution >= 4 is 69.8 Å². The maximum Gasteiger partial charge on any atom is 0.270 e. The lowest BCUT2D eigenvalue weighted by Crippen LogP contribution is -2.54. The summed E-state index contributed by atoms with van der Waals surface area (Å²) in [6.45, 7) is 2.86. The van der Waals surface area contributed by atoms with E-state index in [1.54, 1.807) is 24.3 Å². The van der Waals surface area contributed by atoms with Gasteiger partial charge in [-0.2, -0.15) is 0 Å². The third kappa shape index (κ3) is 4.31. The second-order valence-corrected chi connectivity index (χ2v) is 8.23. The van der Waals surface area contributed by atoms with Crippen LogP contribution in [-0.2, 0) is 14.3 Å². The molecule has 2 amide bonds. The Bertz CT molecular complexity index is 1130. The largest absolute Gasteiger partial charge is 0.496 e. The normalized spacial score (nSPS) is 18.2. The number of hydrogen-bond acceptors (Lipinski definition) is 6. The highest BCUT2D eigenvalue weighted by atomic mass is 35.5. The highest BCUT2D eigenvalue weighted by Gasteiger charge is 2.36. The molecule has 0 radical (unpaired) electrons. The fourth-order valence-corrected chi connectivity index (χ4v) is 4.19. The third-order valence-electron chi connectivity index (χ3n) is 5.17. The molecule has 2 aromatic rings. The number of anilines is 2. The monoisotopic (exact) mass is 491 g/mol. The molecule has 166 valence electrons. The predicted molar refractivity (Wildman–Crippen MR) is 129 cm³/mol. The summed E-state index contributed by atoms with van der Waals surface area (Å²) in [7, 11) is 1.54. The Labute approximate surface area is 200 Å². The number of hydrogen-bond donors (Lipinski definition) is 1. The van der Waals surface area contributed by atoms with Crippen molar-refractivity contribution in [2.75, 3.05) is 43.2 Å². The second-order valence-electron chi connectivity index (χ2n) is 7.06. The number of carbonyl (C=O) groups is 2. The number of rotatable bonds is 4. The number of ether oxygens (including phenoxy) is 2. The molecule has 2 heterocycles. The van der Waals surface area contributed by atoms with Gasteiger partial charge in [0.25, 0.3) is 11.8 Å². The van der Waals surface area contributed by atoms with Gasteiger partial charge in [-0.1, -0.05) is 29.3 Å². The van der Waals surface area contributed by atoms with Crippen LogP contribution < -0.4 is 19.9 Å². The molecule has 2 aliphatic heterocycles. The van der Waals surface area contributed by atoms with Gasteiger partial charge in [-0.05, 0) is 42.6 Å². The zero-order chi connectivity index (χ0) is 22.8. The molecule has 0 atom stereocenters. The minimum absolute atomic E-state index is 0.0732. The van der Waals surface area contributed by atoms with Crippen LogP contribution in [-0.4, -0.2) is 50.3 Å². The van der Waals surface area contributed by atoms with E-state index in [2.05, 4.69) is 10.2 Å². The Morgan fingerprint density at radius 1 is 1.16 bits per heavy atom. The molecule has 2 aliphatic rings. The molecule has 0 spiro atoms. The molecule has 0 bridgehead atoms. The van der Waals surface area contributed by atoms with Gasteiger partial charge in [-0.15, -0.1) is 0 Å². The molecular weight excluding hydrogens is 473 g/mol. The summed E-state index contributed by atoms with van der Waals surface area (Å²) in [6, 6.07) is 10.4. The van der Waals surface area contributed by atoms with Crippen LogP contribution in [0.5, 0.6) is 5.75 Å². The van der Waals surface area contributed by atoms with Crippen molar-refractivity contribution in [2.45, 2.75) is 0 Å². The summed E-state index contributed by atoms with van der Waals surface area (Å²) >= 11 is 17.6. The van der Waals surface area contributed by atoms with Crippen molar-refractivity contribution in [2.24, 2.45) is 0 Å². The molecular formula is C22H19Cl2N3O4S. The standard InChI is InChI=1S/C22H19Cl2N3O4S/c1-30-18-12-14(26-7-9-31-10-8-26)6-5-13(18)11-15-20(28)25-22(32)27(21(15)29)17-4-2-3-16(23)19(17)24/h2-6,11-12H,7-10H2,1H3,(H,25,28,32). The lowest BCUT2D eigenvalue weighted by atomic mass is 10.1. The van der Waals surface area contributed by atoms with E-state index in [0.717, 1.165) is 23.7 Å². The molecule has 0 aliphatic carbocycles. The van der Waals surface area contributed by atoms with Gasteiger partial charge in [0.2, 0.25) is 0 Å². The Morgan fingerprint density at radius 2 is 1.91 bits per heavy atom. The van der Waals surface area contributed by atoms with Crippen LogP contribution >= 0.6 is 35.4 Å². The first-order valence-corrected chi connectivity index (χ1v) is 10.9. The molecule has 2 saturated heterocycles. The first-order chi connectivity index (χ1) is 15.4. The fourth-order valence-electron chi connectivity index (χ4n) is 3.53. The molecule has 7 nitrogen and oxygen atoms in total. The van der Waals surface area contributed by atoms with E-state index in [1.807, 2.05) is 12.1 Å². The van der Waals surface area contributed by atoms with Crippen molar-refractivity contribution in [3.05, 3.63) is 57.6 Å². The van der Waals surface area contributed by atoms with Crippen LogP contribution in [0.3, 0.4) is 0 Å². The zero-order valence-corrected chi connectivity index (χ0v) is 19.4. The van der Waals surface area contributed by atoms with Crippen LogP contribution in [0.25, 0.3) is 6.08 Å². The van der Waals surface area contributed by atoms with Crippen LogP contribution in [0.15, 0.2) is 42.0 Å². The third-order valence-corrected chi connectivity index (χ3v) is 6.26. The van der Waals surface area contributed by atoms with Gasteiger partial charge in [0.15, 0.2) is 5.11 Å². The minimum Gasteiger partial charge on any atom is -0.496 e. The van der Waals surface area contributed by atoms with Crippen LogP contribution in [0.2, 0.25) is 10.0 Å². The van der Waals surface area contributed by atoms with Crippen molar-refractivity contribution < 1.29 is 19.1 Å². The SMILES string of the molecule is COc1cc(N2CCOCC2)ccc1C=C1C(=O)NC(=S)N(c2cccc(Cl)c2Cl)C1=O. The number of methoxy groups -OCH3 is 1. The average molecular weight is 492 g/mol.